The van der Waals surface area contributed by atoms with Crippen LogP contribution in [0.4, 0.5) is 0 Å². The summed E-state index contributed by atoms with van der Waals surface area (Å²) in [7, 11) is 0. The zero-order valence-electron chi connectivity index (χ0n) is 11.1. The maximum Gasteiger partial charge on any atom is 0.0237 e. The van der Waals surface area contributed by atoms with Crippen LogP contribution in [0.25, 0.3) is 11.1 Å². The third-order valence-corrected chi connectivity index (χ3v) is 3.15. The summed E-state index contributed by atoms with van der Waals surface area (Å²) in [6, 6.07) is 8.51. The number of hydrogen-bond acceptors (Lipinski definition) is 0. The van der Waals surface area contributed by atoms with Gasteiger partial charge in [-0.25, -0.2) is 0 Å². The van der Waals surface area contributed by atoms with Crippen LogP contribution in [0, 0.1) is 0 Å². The van der Waals surface area contributed by atoms with Crippen LogP contribution in [0.2, 0.25) is 0 Å². The predicted molar refractivity (Wildman–Crippen MR) is 86.0 cm³/mol. The first-order chi connectivity index (χ1) is 9.93. The van der Waals surface area contributed by atoms with Crippen molar-refractivity contribution in [3.05, 3.63) is 108 Å². The molecule has 0 spiro atoms. The zero-order chi connectivity index (χ0) is 13.6. The maximum atomic E-state index is 3.27. The molecule has 0 radical (unpaired) electrons. The van der Waals surface area contributed by atoms with Crippen molar-refractivity contribution < 1.29 is 0 Å². The van der Waals surface area contributed by atoms with Crippen LogP contribution in [0.1, 0.15) is 11.1 Å². The van der Waals surface area contributed by atoms with Crippen LogP contribution < -0.4 is 0 Å². The lowest BCUT2D eigenvalue weighted by Gasteiger charge is -2.03. The van der Waals surface area contributed by atoms with Crippen molar-refractivity contribution in [3.8, 4) is 0 Å². The zero-order valence-corrected chi connectivity index (χ0v) is 11.1. The van der Waals surface area contributed by atoms with Gasteiger partial charge >= 0.3 is 0 Å². The Labute approximate surface area is 119 Å². The summed E-state index contributed by atoms with van der Waals surface area (Å²) in [6.07, 6.45) is 20.1. The SMILES string of the molecule is C1=CC=CC=CC=1c1ccc(C2=C=CC=CC=C2)cc1. The second kappa shape index (κ2) is 5.91. The molecule has 2 aliphatic carbocycles. The minimum absolute atomic E-state index is 1.10. The second-order valence-electron chi connectivity index (χ2n) is 4.51. The lowest BCUT2D eigenvalue weighted by Crippen LogP contribution is -1.83. The summed E-state index contributed by atoms with van der Waals surface area (Å²) in [6.45, 7) is 0. The van der Waals surface area contributed by atoms with Gasteiger partial charge in [0.25, 0.3) is 0 Å². The summed E-state index contributed by atoms with van der Waals surface area (Å²) in [5, 5.41) is 0. The molecule has 20 heavy (non-hydrogen) atoms. The molecule has 2 aliphatic rings. The summed E-state index contributed by atoms with van der Waals surface area (Å²) in [5.74, 6) is 0. The van der Waals surface area contributed by atoms with Crippen LogP contribution in [0.15, 0.2) is 96.5 Å². The summed E-state index contributed by atoms with van der Waals surface area (Å²) < 4.78 is 0. The fraction of sp³-hybridized carbons (Fsp3) is 0. The largest absolute Gasteiger partial charge is 0.112 e. The highest BCUT2D eigenvalue weighted by atomic mass is 14.0. The van der Waals surface area contributed by atoms with Gasteiger partial charge in [0, 0.05) is 11.1 Å². The van der Waals surface area contributed by atoms with Crippen molar-refractivity contribution in [2.75, 3.05) is 0 Å². The Morgan fingerprint density at radius 3 is 1.40 bits per heavy atom. The molecule has 0 unspecified atom stereocenters. The molecule has 0 saturated heterocycles. The number of allylic oxidation sites excluding steroid dienone is 10. The van der Waals surface area contributed by atoms with E-state index in [1.165, 1.54) is 11.1 Å². The lowest BCUT2D eigenvalue weighted by atomic mass is 10.0. The molecule has 0 atom stereocenters. The third kappa shape index (κ3) is 2.79. The molecule has 0 bridgehead atoms. The van der Waals surface area contributed by atoms with E-state index in [2.05, 4.69) is 47.9 Å². The first kappa shape index (κ1) is 12.3. The van der Waals surface area contributed by atoms with Gasteiger partial charge in [-0.1, -0.05) is 60.7 Å². The van der Waals surface area contributed by atoms with Gasteiger partial charge in [-0.3, -0.25) is 0 Å². The molecule has 0 nitrogen and oxygen atoms in total. The average molecular weight is 254 g/mol. The van der Waals surface area contributed by atoms with Crippen molar-refractivity contribution in [1.82, 2.24) is 0 Å². The number of hydrogen-bond donors (Lipinski definition) is 0. The summed E-state index contributed by atoms with van der Waals surface area (Å²) in [5.41, 5.74) is 11.1. The van der Waals surface area contributed by atoms with E-state index in [1.54, 1.807) is 0 Å². The van der Waals surface area contributed by atoms with Crippen molar-refractivity contribution in [2.45, 2.75) is 0 Å². The minimum Gasteiger partial charge on any atom is -0.112 e. The Morgan fingerprint density at radius 2 is 0.950 bits per heavy atom. The lowest BCUT2D eigenvalue weighted by molar-refractivity contribution is 1.57. The van der Waals surface area contributed by atoms with Gasteiger partial charge in [-0.2, -0.15) is 0 Å². The maximum absolute atomic E-state index is 3.27. The third-order valence-electron chi connectivity index (χ3n) is 3.15. The van der Waals surface area contributed by atoms with Gasteiger partial charge in [-0.05, 0) is 35.4 Å². The first-order valence-corrected chi connectivity index (χ1v) is 6.64. The molecule has 0 fully saturated rings. The van der Waals surface area contributed by atoms with E-state index in [1.807, 2.05) is 48.6 Å². The molecule has 0 heterocycles. The van der Waals surface area contributed by atoms with Crippen molar-refractivity contribution in [1.29, 1.82) is 0 Å². The molecule has 0 N–H and O–H groups in total. The Balaban J connectivity index is 1.93. The molecular weight excluding hydrogens is 240 g/mol. The van der Waals surface area contributed by atoms with Gasteiger partial charge in [0.1, 0.15) is 0 Å². The van der Waals surface area contributed by atoms with Crippen molar-refractivity contribution >= 4 is 11.1 Å². The Hall–Kier alpha value is -2.78. The highest BCUT2D eigenvalue weighted by Crippen LogP contribution is 2.21. The standard InChI is InChI=1S/C20H14/c1-2-6-10-17(9-5-1)19-13-15-20(16-14-19)18-11-7-3-4-8-12-18/h1-9,11,13-16H. The Kier molecular flexibility index (Phi) is 3.62. The van der Waals surface area contributed by atoms with Crippen LogP contribution in [-0.4, -0.2) is 0 Å². The molecule has 0 aliphatic heterocycles. The molecule has 0 aromatic heterocycles. The molecular formula is C20H14. The average Bonchev–Trinajstić information content (AvgIpc) is 2.92. The molecule has 0 amide bonds. The van der Waals surface area contributed by atoms with E-state index >= 15 is 0 Å². The number of benzene rings is 1. The van der Waals surface area contributed by atoms with E-state index in [9.17, 15) is 0 Å². The van der Waals surface area contributed by atoms with E-state index in [0.717, 1.165) is 11.1 Å². The molecule has 1 aromatic rings. The fourth-order valence-electron chi connectivity index (χ4n) is 2.10. The quantitative estimate of drug-likeness (QED) is 0.650. The van der Waals surface area contributed by atoms with E-state index in [0.29, 0.717) is 0 Å². The van der Waals surface area contributed by atoms with Gasteiger partial charge in [0.2, 0.25) is 0 Å². The molecule has 0 heteroatoms. The topological polar surface area (TPSA) is 0 Å². The van der Waals surface area contributed by atoms with Crippen LogP contribution in [0.3, 0.4) is 0 Å². The summed E-state index contributed by atoms with van der Waals surface area (Å²) >= 11 is 0. The highest BCUT2D eigenvalue weighted by Gasteiger charge is 2.01. The smallest absolute Gasteiger partial charge is 0.0237 e. The van der Waals surface area contributed by atoms with Crippen LogP contribution in [-0.2, 0) is 0 Å². The van der Waals surface area contributed by atoms with E-state index in [-0.39, 0.29) is 0 Å². The Bertz CT molecular complexity index is 680. The van der Waals surface area contributed by atoms with Crippen LogP contribution in [0.5, 0.6) is 0 Å². The molecule has 1 aromatic carbocycles. The molecule has 94 valence electrons. The highest BCUT2D eigenvalue weighted by molar-refractivity contribution is 5.78. The van der Waals surface area contributed by atoms with Crippen molar-refractivity contribution in [3.63, 3.8) is 0 Å². The van der Waals surface area contributed by atoms with Gasteiger partial charge in [0.05, 0.1) is 0 Å². The Morgan fingerprint density at radius 1 is 0.500 bits per heavy atom. The number of rotatable bonds is 2. The van der Waals surface area contributed by atoms with Gasteiger partial charge < -0.3 is 0 Å². The molecule has 3 rings (SSSR count). The second-order valence-corrected chi connectivity index (χ2v) is 4.51. The normalized spacial score (nSPS) is 15.8. The predicted octanol–water partition coefficient (Wildman–Crippen LogP) is 5.02. The minimum atomic E-state index is 1.10. The molecule has 0 saturated carbocycles. The van der Waals surface area contributed by atoms with Gasteiger partial charge in [0.15, 0.2) is 0 Å². The fourth-order valence-corrected chi connectivity index (χ4v) is 2.10. The van der Waals surface area contributed by atoms with E-state index < -0.39 is 0 Å². The summed E-state index contributed by atoms with van der Waals surface area (Å²) in [4.78, 5) is 0. The first-order valence-electron chi connectivity index (χ1n) is 6.64. The monoisotopic (exact) mass is 254 g/mol. The van der Waals surface area contributed by atoms with E-state index in [4.69, 9.17) is 0 Å². The van der Waals surface area contributed by atoms with Crippen molar-refractivity contribution in [2.24, 2.45) is 0 Å². The van der Waals surface area contributed by atoms with Crippen LogP contribution >= 0.6 is 0 Å². The van der Waals surface area contributed by atoms with Gasteiger partial charge in [-0.15, -0.1) is 11.5 Å².